The molecule has 0 aliphatic carbocycles. The second-order valence-electron chi connectivity index (χ2n) is 4.30. The standard InChI is InChI=1S/C15H17NO3S/c1-10-7-8-20-14(10)13(15(17)19-3)16-11-5-4-6-12(9-11)18-2/h4-9,13,16H,1-3H3. The van der Waals surface area contributed by atoms with Crippen LogP contribution in [-0.4, -0.2) is 20.2 Å². The fourth-order valence-corrected chi connectivity index (χ4v) is 2.87. The molecule has 1 N–H and O–H groups in total. The Morgan fingerprint density at radius 3 is 2.70 bits per heavy atom. The molecule has 20 heavy (non-hydrogen) atoms. The minimum atomic E-state index is -0.507. The largest absolute Gasteiger partial charge is 0.497 e. The van der Waals surface area contributed by atoms with Crippen molar-refractivity contribution in [3.05, 3.63) is 46.2 Å². The highest BCUT2D eigenvalue weighted by Crippen LogP contribution is 2.29. The molecular weight excluding hydrogens is 274 g/mol. The van der Waals surface area contributed by atoms with Gasteiger partial charge in [-0.3, -0.25) is 0 Å². The van der Waals surface area contributed by atoms with Crippen molar-refractivity contribution < 1.29 is 14.3 Å². The molecule has 2 aromatic rings. The van der Waals surface area contributed by atoms with Gasteiger partial charge in [-0.2, -0.15) is 0 Å². The number of hydrogen-bond acceptors (Lipinski definition) is 5. The van der Waals surface area contributed by atoms with E-state index in [1.165, 1.54) is 18.4 Å². The summed E-state index contributed by atoms with van der Waals surface area (Å²) < 4.78 is 10.1. The zero-order valence-corrected chi connectivity index (χ0v) is 12.5. The monoisotopic (exact) mass is 291 g/mol. The Labute approximate surface area is 122 Å². The number of rotatable bonds is 5. The number of esters is 1. The number of carbonyl (C=O) groups excluding carboxylic acids is 1. The van der Waals surface area contributed by atoms with Crippen LogP contribution in [-0.2, 0) is 9.53 Å². The van der Waals surface area contributed by atoms with Crippen LogP contribution < -0.4 is 10.1 Å². The number of benzene rings is 1. The van der Waals surface area contributed by atoms with E-state index < -0.39 is 6.04 Å². The predicted molar refractivity (Wildman–Crippen MR) is 80.4 cm³/mol. The Hall–Kier alpha value is -2.01. The maximum atomic E-state index is 12.0. The van der Waals surface area contributed by atoms with E-state index in [0.717, 1.165) is 21.9 Å². The minimum Gasteiger partial charge on any atom is -0.497 e. The van der Waals surface area contributed by atoms with Crippen molar-refractivity contribution in [3.8, 4) is 5.75 Å². The lowest BCUT2D eigenvalue weighted by Gasteiger charge is -2.18. The predicted octanol–water partition coefficient (Wildman–Crippen LogP) is 3.39. The highest BCUT2D eigenvalue weighted by Gasteiger charge is 2.24. The van der Waals surface area contributed by atoms with Crippen molar-refractivity contribution in [1.82, 2.24) is 0 Å². The minimum absolute atomic E-state index is 0.307. The molecule has 0 bridgehead atoms. The van der Waals surface area contributed by atoms with Crippen molar-refractivity contribution in [3.63, 3.8) is 0 Å². The maximum absolute atomic E-state index is 12.0. The number of aryl methyl sites for hydroxylation is 1. The van der Waals surface area contributed by atoms with Crippen molar-refractivity contribution in [2.45, 2.75) is 13.0 Å². The van der Waals surface area contributed by atoms with Crippen molar-refractivity contribution in [2.75, 3.05) is 19.5 Å². The zero-order chi connectivity index (χ0) is 14.5. The maximum Gasteiger partial charge on any atom is 0.333 e. The molecule has 0 radical (unpaired) electrons. The van der Waals surface area contributed by atoms with Gasteiger partial charge < -0.3 is 14.8 Å². The molecule has 106 valence electrons. The second-order valence-corrected chi connectivity index (χ2v) is 5.25. The van der Waals surface area contributed by atoms with Crippen LogP contribution in [0.2, 0.25) is 0 Å². The molecule has 1 atom stereocenters. The van der Waals surface area contributed by atoms with E-state index in [9.17, 15) is 4.79 Å². The second kappa shape index (κ2) is 6.43. The normalized spacial score (nSPS) is 11.8. The summed E-state index contributed by atoms with van der Waals surface area (Å²) in [6.45, 7) is 1.98. The number of carbonyl (C=O) groups is 1. The van der Waals surface area contributed by atoms with Crippen LogP contribution in [0.3, 0.4) is 0 Å². The molecule has 0 aliphatic heterocycles. The molecule has 0 aliphatic rings. The number of thiophene rings is 1. The Morgan fingerprint density at radius 2 is 2.10 bits per heavy atom. The van der Waals surface area contributed by atoms with Crippen LogP contribution in [0.25, 0.3) is 0 Å². The molecular formula is C15H17NO3S. The van der Waals surface area contributed by atoms with Crippen LogP contribution in [0, 0.1) is 6.92 Å². The highest BCUT2D eigenvalue weighted by atomic mass is 32.1. The zero-order valence-electron chi connectivity index (χ0n) is 11.7. The molecule has 0 fully saturated rings. The average molecular weight is 291 g/mol. The lowest BCUT2D eigenvalue weighted by atomic mass is 10.1. The molecule has 0 saturated carbocycles. The van der Waals surface area contributed by atoms with Crippen LogP contribution in [0.1, 0.15) is 16.5 Å². The van der Waals surface area contributed by atoms with Crippen LogP contribution >= 0.6 is 11.3 Å². The summed E-state index contributed by atoms with van der Waals surface area (Å²) in [5.74, 6) is 0.430. The smallest absolute Gasteiger partial charge is 0.333 e. The number of anilines is 1. The fraction of sp³-hybridized carbons (Fsp3) is 0.267. The summed E-state index contributed by atoms with van der Waals surface area (Å²) in [5, 5.41) is 5.17. The van der Waals surface area contributed by atoms with Crippen molar-refractivity contribution >= 4 is 23.0 Å². The van der Waals surface area contributed by atoms with Crippen LogP contribution in [0.5, 0.6) is 5.75 Å². The molecule has 1 unspecified atom stereocenters. The van der Waals surface area contributed by atoms with Gasteiger partial charge in [0.25, 0.3) is 0 Å². The van der Waals surface area contributed by atoms with Gasteiger partial charge in [0.2, 0.25) is 0 Å². The van der Waals surface area contributed by atoms with Gasteiger partial charge in [0.15, 0.2) is 6.04 Å². The molecule has 1 heterocycles. The van der Waals surface area contributed by atoms with E-state index >= 15 is 0 Å². The van der Waals surface area contributed by atoms with Gasteiger partial charge in [0.1, 0.15) is 5.75 Å². The summed E-state index contributed by atoms with van der Waals surface area (Å²) in [5.41, 5.74) is 1.88. The van der Waals surface area contributed by atoms with Gasteiger partial charge in [-0.1, -0.05) is 6.07 Å². The number of nitrogens with one attached hydrogen (secondary N) is 1. The molecule has 4 nitrogen and oxygen atoms in total. The molecule has 1 aromatic heterocycles. The Kier molecular flexibility index (Phi) is 4.63. The highest BCUT2D eigenvalue weighted by molar-refractivity contribution is 7.10. The first kappa shape index (κ1) is 14.4. The van der Waals surface area contributed by atoms with Crippen molar-refractivity contribution in [1.29, 1.82) is 0 Å². The Morgan fingerprint density at radius 1 is 1.30 bits per heavy atom. The van der Waals surface area contributed by atoms with Crippen LogP contribution in [0.4, 0.5) is 5.69 Å². The number of methoxy groups -OCH3 is 2. The fourth-order valence-electron chi connectivity index (χ4n) is 1.91. The van der Waals surface area contributed by atoms with Gasteiger partial charge >= 0.3 is 5.97 Å². The Bertz CT molecular complexity index is 594. The van der Waals surface area contributed by atoms with E-state index in [2.05, 4.69) is 5.32 Å². The molecule has 2 rings (SSSR count). The topological polar surface area (TPSA) is 47.6 Å². The first-order valence-electron chi connectivity index (χ1n) is 6.18. The lowest BCUT2D eigenvalue weighted by Crippen LogP contribution is -2.22. The van der Waals surface area contributed by atoms with E-state index in [1.807, 2.05) is 42.6 Å². The summed E-state index contributed by atoms with van der Waals surface area (Å²) in [4.78, 5) is 13.0. The third kappa shape index (κ3) is 3.11. The van der Waals surface area contributed by atoms with Gasteiger partial charge in [-0.05, 0) is 36.1 Å². The van der Waals surface area contributed by atoms with Crippen molar-refractivity contribution in [2.24, 2.45) is 0 Å². The third-order valence-electron chi connectivity index (χ3n) is 2.98. The van der Waals surface area contributed by atoms with Gasteiger partial charge in [-0.25, -0.2) is 4.79 Å². The lowest BCUT2D eigenvalue weighted by molar-refractivity contribution is -0.141. The first-order chi connectivity index (χ1) is 9.65. The molecule has 1 aromatic carbocycles. The van der Waals surface area contributed by atoms with E-state index in [-0.39, 0.29) is 5.97 Å². The van der Waals surface area contributed by atoms with Gasteiger partial charge in [-0.15, -0.1) is 11.3 Å². The van der Waals surface area contributed by atoms with E-state index in [1.54, 1.807) is 7.11 Å². The first-order valence-corrected chi connectivity index (χ1v) is 7.06. The van der Waals surface area contributed by atoms with E-state index in [4.69, 9.17) is 9.47 Å². The summed E-state index contributed by atoms with van der Waals surface area (Å²) in [7, 11) is 3.01. The van der Waals surface area contributed by atoms with Gasteiger partial charge in [0, 0.05) is 16.6 Å². The van der Waals surface area contributed by atoms with Crippen LogP contribution in [0.15, 0.2) is 35.7 Å². The number of hydrogen-bond donors (Lipinski definition) is 1. The summed E-state index contributed by atoms with van der Waals surface area (Å²) >= 11 is 1.54. The average Bonchev–Trinajstić information content (AvgIpc) is 2.90. The third-order valence-corrected chi connectivity index (χ3v) is 4.07. The molecule has 5 heteroatoms. The SMILES string of the molecule is COC(=O)C(Nc1cccc(OC)c1)c1sccc1C. The Balaban J connectivity index is 2.28. The molecule has 0 saturated heterocycles. The molecule has 0 amide bonds. The van der Waals surface area contributed by atoms with E-state index in [0.29, 0.717) is 0 Å². The summed E-state index contributed by atoms with van der Waals surface area (Å²) in [6.07, 6.45) is 0. The number of ether oxygens (including phenoxy) is 2. The quantitative estimate of drug-likeness (QED) is 0.858. The molecule has 0 spiro atoms. The van der Waals surface area contributed by atoms with Gasteiger partial charge in [0.05, 0.1) is 14.2 Å². The summed E-state index contributed by atoms with van der Waals surface area (Å²) in [6, 6.07) is 8.95.